The summed E-state index contributed by atoms with van der Waals surface area (Å²) in [6, 6.07) is 4.87. The molecule has 0 atom stereocenters. The van der Waals surface area contributed by atoms with Crippen LogP contribution in [-0.4, -0.2) is 32.4 Å². The van der Waals surface area contributed by atoms with Gasteiger partial charge in [0.05, 0.1) is 24.2 Å². The summed E-state index contributed by atoms with van der Waals surface area (Å²) in [5, 5.41) is 5.56. The monoisotopic (exact) mass is 428 g/mol. The number of anilines is 3. The topological polar surface area (TPSA) is 102 Å². The number of aromatic nitrogens is 4. The number of pyridine rings is 2. The van der Waals surface area contributed by atoms with Crippen LogP contribution < -0.4 is 15.4 Å². The number of rotatable bonds is 7. The molecule has 31 heavy (non-hydrogen) atoms. The first kappa shape index (κ1) is 22.0. The highest BCUT2D eigenvalue weighted by Crippen LogP contribution is 2.32. The van der Waals surface area contributed by atoms with Crippen LogP contribution in [0, 0.1) is 6.92 Å². The number of carbonyl (C=O) groups excluding carboxylic acids is 1. The Kier molecular flexibility index (Phi) is 6.38. The van der Waals surface area contributed by atoms with E-state index in [-0.39, 0.29) is 17.5 Å². The molecule has 3 heterocycles. The molecule has 0 aliphatic rings. The average molecular weight is 428 g/mol. The highest BCUT2D eigenvalue weighted by molar-refractivity contribution is 5.88. The van der Waals surface area contributed by atoms with Crippen molar-refractivity contribution in [1.82, 2.24) is 19.9 Å². The lowest BCUT2D eigenvalue weighted by Crippen LogP contribution is -2.15. The molecule has 10 heteroatoms. The highest BCUT2D eigenvalue weighted by atomic mass is 19.3. The van der Waals surface area contributed by atoms with E-state index in [4.69, 9.17) is 4.74 Å². The zero-order valence-electron chi connectivity index (χ0n) is 17.5. The Labute approximate surface area is 178 Å². The second-order valence-electron chi connectivity index (χ2n) is 6.91. The fourth-order valence-electron chi connectivity index (χ4n) is 2.75. The molecule has 0 radical (unpaired) electrons. The van der Waals surface area contributed by atoms with Gasteiger partial charge in [0.2, 0.25) is 11.7 Å². The third-order valence-corrected chi connectivity index (χ3v) is 4.02. The molecule has 0 unspecified atom stereocenters. The predicted octanol–water partition coefficient (Wildman–Crippen LogP) is 4.45. The molecular weight excluding hydrogens is 406 g/mol. The minimum atomic E-state index is -3.26. The molecule has 0 aliphatic carbocycles. The van der Waals surface area contributed by atoms with Crippen molar-refractivity contribution in [3.05, 3.63) is 48.2 Å². The van der Waals surface area contributed by atoms with Crippen LogP contribution in [0.3, 0.4) is 0 Å². The number of nitrogens with zero attached hydrogens (tertiary/aromatic N) is 4. The van der Waals surface area contributed by atoms with E-state index in [9.17, 15) is 13.6 Å². The first-order valence-corrected chi connectivity index (χ1v) is 9.52. The van der Waals surface area contributed by atoms with Crippen molar-refractivity contribution in [2.45, 2.75) is 33.6 Å². The van der Waals surface area contributed by atoms with Crippen molar-refractivity contribution in [3.8, 4) is 17.0 Å². The van der Waals surface area contributed by atoms with Crippen molar-refractivity contribution in [1.29, 1.82) is 0 Å². The van der Waals surface area contributed by atoms with Gasteiger partial charge in [-0.25, -0.2) is 15.0 Å². The summed E-state index contributed by atoms with van der Waals surface area (Å²) >= 11 is 0. The zero-order valence-corrected chi connectivity index (χ0v) is 17.5. The molecule has 3 aromatic rings. The molecule has 0 bridgehead atoms. The first-order chi connectivity index (χ1) is 14.7. The van der Waals surface area contributed by atoms with E-state index in [0.29, 0.717) is 29.3 Å². The van der Waals surface area contributed by atoms with Crippen LogP contribution in [-0.2, 0) is 10.7 Å². The van der Waals surface area contributed by atoms with E-state index in [1.54, 1.807) is 31.5 Å². The van der Waals surface area contributed by atoms with E-state index < -0.39 is 11.7 Å². The van der Waals surface area contributed by atoms with E-state index in [0.717, 1.165) is 12.5 Å². The standard InChI is InChI=1S/C21H22F2N6O2/c1-5-31-17-11-25-18(26-13(3)30)8-16(17)27-19-7-15(14-6-12(2)9-24-10-14)28-20(29-19)21(4,22)23/h6-11H,5H2,1-4H3,(H2,25,26,27,28,29,30). The predicted molar refractivity (Wildman–Crippen MR) is 113 cm³/mol. The van der Waals surface area contributed by atoms with Gasteiger partial charge in [0.25, 0.3) is 0 Å². The van der Waals surface area contributed by atoms with Crippen molar-refractivity contribution < 1.29 is 18.3 Å². The Morgan fingerprint density at radius 3 is 2.55 bits per heavy atom. The fourth-order valence-corrected chi connectivity index (χ4v) is 2.75. The molecule has 0 fully saturated rings. The molecule has 0 saturated heterocycles. The minimum absolute atomic E-state index is 0.129. The van der Waals surface area contributed by atoms with Gasteiger partial charge in [-0.15, -0.1) is 0 Å². The fraction of sp³-hybridized carbons (Fsp3) is 0.286. The second kappa shape index (κ2) is 8.99. The van der Waals surface area contributed by atoms with Crippen LogP contribution in [0.25, 0.3) is 11.3 Å². The number of ether oxygens (including phenoxy) is 1. The Morgan fingerprint density at radius 2 is 1.90 bits per heavy atom. The number of halogens is 2. The summed E-state index contributed by atoms with van der Waals surface area (Å²) in [6.45, 7) is 6.10. The Balaban J connectivity index is 2.08. The normalized spacial score (nSPS) is 11.2. The average Bonchev–Trinajstić information content (AvgIpc) is 2.69. The molecular formula is C21H22F2N6O2. The Morgan fingerprint density at radius 1 is 1.13 bits per heavy atom. The molecule has 0 spiro atoms. The van der Waals surface area contributed by atoms with Crippen molar-refractivity contribution in [2.24, 2.45) is 0 Å². The smallest absolute Gasteiger partial charge is 0.303 e. The van der Waals surface area contributed by atoms with Crippen LogP contribution in [0.1, 0.15) is 32.2 Å². The summed E-state index contributed by atoms with van der Waals surface area (Å²) in [5.74, 6) is -3.42. The van der Waals surface area contributed by atoms with Crippen LogP contribution in [0.4, 0.5) is 26.1 Å². The van der Waals surface area contributed by atoms with Gasteiger partial charge in [-0.05, 0) is 25.5 Å². The lowest BCUT2D eigenvalue weighted by atomic mass is 10.1. The molecule has 162 valence electrons. The summed E-state index contributed by atoms with van der Waals surface area (Å²) < 4.78 is 33.8. The maximum Gasteiger partial charge on any atom is 0.303 e. The van der Waals surface area contributed by atoms with Gasteiger partial charge in [-0.3, -0.25) is 9.78 Å². The van der Waals surface area contributed by atoms with Gasteiger partial charge in [0.15, 0.2) is 5.75 Å². The molecule has 2 N–H and O–H groups in total. The third-order valence-electron chi connectivity index (χ3n) is 4.02. The van der Waals surface area contributed by atoms with Gasteiger partial charge in [-0.1, -0.05) is 0 Å². The van der Waals surface area contributed by atoms with Crippen LogP contribution in [0.2, 0.25) is 0 Å². The third kappa shape index (κ3) is 5.68. The largest absolute Gasteiger partial charge is 0.490 e. The molecule has 0 aromatic carbocycles. The maximum atomic E-state index is 14.1. The number of carbonyl (C=O) groups is 1. The Hall–Kier alpha value is -3.69. The number of hydrogen-bond donors (Lipinski definition) is 2. The Bertz CT molecular complexity index is 1100. The maximum absolute atomic E-state index is 14.1. The zero-order chi connectivity index (χ0) is 22.6. The summed E-state index contributed by atoms with van der Waals surface area (Å²) in [7, 11) is 0. The molecule has 0 aliphatic heterocycles. The van der Waals surface area contributed by atoms with Crippen molar-refractivity contribution in [3.63, 3.8) is 0 Å². The molecule has 0 saturated carbocycles. The number of aryl methyl sites for hydroxylation is 1. The summed E-state index contributed by atoms with van der Waals surface area (Å²) in [6.07, 6.45) is 4.64. The SMILES string of the molecule is CCOc1cnc(NC(C)=O)cc1Nc1cc(-c2cncc(C)c2)nc(C(C)(F)F)n1. The number of nitrogens with one attached hydrogen (secondary N) is 2. The number of alkyl halides is 2. The molecule has 1 amide bonds. The van der Waals surface area contributed by atoms with E-state index in [1.165, 1.54) is 19.2 Å². The van der Waals surface area contributed by atoms with Crippen molar-refractivity contribution >= 4 is 23.2 Å². The lowest BCUT2D eigenvalue weighted by Gasteiger charge is -2.16. The van der Waals surface area contributed by atoms with Gasteiger partial charge in [0, 0.05) is 43.9 Å². The minimum Gasteiger partial charge on any atom is -0.490 e. The van der Waals surface area contributed by atoms with Crippen LogP contribution >= 0.6 is 0 Å². The number of amides is 1. The van der Waals surface area contributed by atoms with Crippen LogP contribution in [0.15, 0.2) is 36.8 Å². The summed E-state index contributed by atoms with van der Waals surface area (Å²) in [4.78, 5) is 27.6. The van der Waals surface area contributed by atoms with Gasteiger partial charge < -0.3 is 15.4 Å². The second-order valence-corrected chi connectivity index (χ2v) is 6.91. The highest BCUT2D eigenvalue weighted by Gasteiger charge is 2.29. The quantitative estimate of drug-likeness (QED) is 0.573. The van der Waals surface area contributed by atoms with E-state index in [1.807, 2.05) is 6.92 Å². The summed E-state index contributed by atoms with van der Waals surface area (Å²) in [5.41, 5.74) is 2.13. The van der Waals surface area contributed by atoms with E-state index >= 15 is 0 Å². The van der Waals surface area contributed by atoms with Gasteiger partial charge >= 0.3 is 5.92 Å². The molecule has 8 nitrogen and oxygen atoms in total. The lowest BCUT2D eigenvalue weighted by molar-refractivity contribution is -0.114. The number of hydrogen-bond acceptors (Lipinski definition) is 7. The molecule has 3 rings (SSSR count). The van der Waals surface area contributed by atoms with Gasteiger partial charge in [-0.2, -0.15) is 8.78 Å². The molecule has 3 aromatic heterocycles. The first-order valence-electron chi connectivity index (χ1n) is 9.52. The van der Waals surface area contributed by atoms with Crippen LogP contribution in [0.5, 0.6) is 5.75 Å². The van der Waals surface area contributed by atoms with E-state index in [2.05, 4.69) is 30.6 Å². The van der Waals surface area contributed by atoms with Crippen molar-refractivity contribution in [2.75, 3.05) is 17.2 Å². The van der Waals surface area contributed by atoms with Gasteiger partial charge in [0.1, 0.15) is 11.6 Å².